The first-order chi connectivity index (χ1) is 14.6. The number of rotatable bonds is 6. The van der Waals surface area contributed by atoms with E-state index in [1.54, 1.807) is 30.5 Å². The fourth-order valence-electron chi connectivity index (χ4n) is 3.42. The van der Waals surface area contributed by atoms with Gasteiger partial charge in [-0.2, -0.15) is 5.10 Å². The lowest BCUT2D eigenvalue weighted by atomic mass is 10.1. The van der Waals surface area contributed by atoms with Crippen LogP contribution in [0.25, 0.3) is 15.9 Å². The Balaban J connectivity index is 1.61. The number of hydrazone groups is 1. The minimum atomic E-state index is -0.326. The summed E-state index contributed by atoms with van der Waals surface area (Å²) < 4.78 is 8.38. The van der Waals surface area contributed by atoms with E-state index < -0.39 is 0 Å². The largest absolute Gasteiger partial charge is 0.462 e. The summed E-state index contributed by atoms with van der Waals surface area (Å²) >= 11 is 1.56. The quantitative estimate of drug-likeness (QED) is 0.261. The smallest absolute Gasteiger partial charge is 0.340 e. The van der Waals surface area contributed by atoms with Gasteiger partial charge in [0.1, 0.15) is 0 Å². The number of nitrogens with one attached hydrogen (secondary N) is 1. The Morgan fingerprint density at radius 2 is 1.97 bits per heavy atom. The predicted octanol–water partition coefficient (Wildman–Crippen LogP) is 5.33. The predicted molar refractivity (Wildman–Crippen MR) is 122 cm³/mol. The normalized spacial score (nSPS) is 11.3. The van der Waals surface area contributed by atoms with Crippen LogP contribution in [0, 0.1) is 13.8 Å². The van der Waals surface area contributed by atoms with E-state index in [1.807, 2.05) is 66.9 Å². The van der Waals surface area contributed by atoms with Crippen molar-refractivity contribution in [3.63, 3.8) is 0 Å². The summed E-state index contributed by atoms with van der Waals surface area (Å²) in [6, 6.07) is 17.5. The first-order valence-electron chi connectivity index (χ1n) is 9.68. The minimum Gasteiger partial charge on any atom is -0.462 e. The van der Waals surface area contributed by atoms with E-state index in [0.29, 0.717) is 12.2 Å². The summed E-state index contributed by atoms with van der Waals surface area (Å²) in [5, 5.41) is 5.12. The number of thiazole rings is 1. The van der Waals surface area contributed by atoms with Gasteiger partial charge < -0.3 is 9.30 Å². The van der Waals surface area contributed by atoms with E-state index in [4.69, 9.17) is 4.74 Å². The molecule has 0 aliphatic carbocycles. The van der Waals surface area contributed by atoms with Crippen molar-refractivity contribution in [2.24, 2.45) is 5.10 Å². The Morgan fingerprint density at radius 1 is 1.20 bits per heavy atom. The van der Waals surface area contributed by atoms with Crippen molar-refractivity contribution in [1.82, 2.24) is 9.55 Å². The summed E-state index contributed by atoms with van der Waals surface area (Å²) in [4.78, 5) is 16.9. The number of nitrogens with zero attached hydrogens (tertiary/aromatic N) is 3. The third kappa shape index (κ3) is 3.84. The standard InChI is InChI=1S/C23H22N4O2S/c1-4-29-22(28)18-9-5-7-11-20(18)27-15(2)13-17(16(27)3)14-24-26-23-25-19-10-6-8-12-21(19)30-23/h5-14H,4H2,1-3H3,(H,25,26)/b24-14-. The van der Waals surface area contributed by atoms with Gasteiger partial charge in [0.25, 0.3) is 0 Å². The second-order valence-corrected chi connectivity index (χ2v) is 7.79. The summed E-state index contributed by atoms with van der Waals surface area (Å²) in [5.41, 5.74) is 8.25. The number of benzene rings is 2. The molecule has 0 aliphatic heterocycles. The fraction of sp³-hybridized carbons (Fsp3) is 0.174. The molecule has 0 atom stereocenters. The molecule has 2 aromatic carbocycles. The van der Waals surface area contributed by atoms with E-state index in [0.717, 1.165) is 38.0 Å². The topological polar surface area (TPSA) is 68.5 Å². The van der Waals surface area contributed by atoms with Crippen LogP contribution < -0.4 is 5.43 Å². The van der Waals surface area contributed by atoms with Gasteiger partial charge in [0.2, 0.25) is 5.13 Å². The molecule has 2 heterocycles. The van der Waals surface area contributed by atoms with Crippen LogP contribution in [0.15, 0.2) is 59.7 Å². The van der Waals surface area contributed by atoms with Crippen molar-refractivity contribution in [2.45, 2.75) is 20.8 Å². The van der Waals surface area contributed by atoms with Crippen molar-refractivity contribution in [2.75, 3.05) is 12.0 Å². The molecule has 0 amide bonds. The summed E-state index contributed by atoms with van der Waals surface area (Å²) in [5.74, 6) is -0.326. The van der Waals surface area contributed by atoms with Gasteiger partial charge in [-0.25, -0.2) is 9.78 Å². The van der Waals surface area contributed by atoms with Crippen molar-refractivity contribution in [1.29, 1.82) is 0 Å². The van der Waals surface area contributed by atoms with Crippen molar-refractivity contribution >= 4 is 38.9 Å². The van der Waals surface area contributed by atoms with E-state index in [9.17, 15) is 4.79 Å². The molecule has 7 heteroatoms. The molecule has 152 valence electrons. The van der Waals surface area contributed by atoms with Crippen LogP contribution in [0.4, 0.5) is 5.13 Å². The molecule has 0 unspecified atom stereocenters. The van der Waals surface area contributed by atoms with Crippen molar-refractivity contribution in [3.05, 3.63) is 77.1 Å². The molecule has 0 saturated carbocycles. The fourth-order valence-corrected chi connectivity index (χ4v) is 4.23. The zero-order chi connectivity index (χ0) is 21.1. The molecule has 4 aromatic rings. The lowest BCUT2D eigenvalue weighted by Gasteiger charge is -2.14. The molecule has 0 saturated heterocycles. The van der Waals surface area contributed by atoms with E-state index in [-0.39, 0.29) is 5.97 Å². The van der Waals surface area contributed by atoms with Crippen LogP contribution in [-0.2, 0) is 4.74 Å². The molecule has 0 aliphatic rings. The Bertz CT molecular complexity index is 1210. The van der Waals surface area contributed by atoms with Crippen LogP contribution in [0.2, 0.25) is 0 Å². The van der Waals surface area contributed by atoms with Gasteiger partial charge in [-0.3, -0.25) is 5.43 Å². The highest BCUT2D eigenvalue weighted by Gasteiger charge is 2.17. The van der Waals surface area contributed by atoms with Crippen molar-refractivity contribution in [3.8, 4) is 5.69 Å². The Hall–Kier alpha value is -3.45. The SMILES string of the molecule is CCOC(=O)c1ccccc1-n1c(C)cc(/C=N\Nc2nc3ccccc3s2)c1C. The number of aromatic nitrogens is 2. The molecule has 4 rings (SSSR count). The highest BCUT2D eigenvalue weighted by atomic mass is 32.1. The van der Waals surface area contributed by atoms with Crippen LogP contribution in [0.3, 0.4) is 0 Å². The third-order valence-electron chi connectivity index (χ3n) is 4.77. The van der Waals surface area contributed by atoms with Gasteiger partial charge in [-0.1, -0.05) is 35.6 Å². The van der Waals surface area contributed by atoms with Gasteiger partial charge in [0.05, 0.1) is 34.3 Å². The number of esters is 1. The average Bonchev–Trinajstić information content (AvgIpc) is 3.28. The molecule has 0 bridgehead atoms. The van der Waals surface area contributed by atoms with Gasteiger partial charge in [-0.15, -0.1) is 0 Å². The number of anilines is 1. The maximum absolute atomic E-state index is 12.4. The summed E-state index contributed by atoms with van der Waals surface area (Å²) in [6.45, 7) is 6.16. The number of hydrogen-bond acceptors (Lipinski definition) is 6. The van der Waals surface area contributed by atoms with E-state index >= 15 is 0 Å². The molecule has 30 heavy (non-hydrogen) atoms. The Labute approximate surface area is 178 Å². The van der Waals surface area contributed by atoms with Gasteiger partial charge in [-0.05, 0) is 51.1 Å². The Kier molecular flexibility index (Phi) is 5.63. The maximum Gasteiger partial charge on any atom is 0.340 e. The first-order valence-corrected chi connectivity index (χ1v) is 10.5. The van der Waals surface area contributed by atoms with Gasteiger partial charge in [0.15, 0.2) is 0 Å². The molecule has 1 N–H and O–H groups in total. The Morgan fingerprint density at radius 3 is 2.77 bits per heavy atom. The number of fused-ring (bicyclic) bond motifs is 1. The van der Waals surface area contributed by atoms with Crippen molar-refractivity contribution < 1.29 is 9.53 Å². The number of carbonyl (C=O) groups excluding carboxylic acids is 1. The lowest BCUT2D eigenvalue weighted by Crippen LogP contribution is -2.11. The summed E-state index contributed by atoms with van der Waals surface area (Å²) in [7, 11) is 0. The first kappa shape index (κ1) is 19.8. The van der Waals surface area contributed by atoms with Crippen LogP contribution in [0.1, 0.15) is 34.2 Å². The highest BCUT2D eigenvalue weighted by Crippen LogP contribution is 2.26. The monoisotopic (exact) mass is 418 g/mol. The van der Waals surface area contributed by atoms with E-state index in [2.05, 4.69) is 15.5 Å². The number of para-hydroxylation sites is 2. The third-order valence-corrected chi connectivity index (χ3v) is 5.71. The van der Waals surface area contributed by atoms with Gasteiger partial charge in [0, 0.05) is 17.0 Å². The second-order valence-electron chi connectivity index (χ2n) is 6.76. The zero-order valence-electron chi connectivity index (χ0n) is 17.0. The number of ether oxygens (including phenoxy) is 1. The number of aryl methyl sites for hydroxylation is 1. The van der Waals surface area contributed by atoms with E-state index in [1.165, 1.54) is 0 Å². The maximum atomic E-state index is 12.4. The minimum absolute atomic E-state index is 0.326. The molecule has 0 fully saturated rings. The number of hydrogen-bond donors (Lipinski definition) is 1. The number of carbonyl (C=O) groups is 1. The molecule has 6 nitrogen and oxygen atoms in total. The average molecular weight is 419 g/mol. The summed E-state index contributed by atoms with van der Waals surface area (Å²) in [6.07, 6.45) is 1.78. The van der Waals surface area contributed by atoms with Crippen LogP contribution >= 0.6 is 11.3 Å². The molecule has 2 aromatic heterocycles. The molecule has 0 radical (unpaired) electrons. The zero-order valence-corrected chi connectivity index (χ0v) is 17.9. The van der Waals surface area contributed by atoms with Crippen LogP contribution in [0.5, 0.6) is 0 Å². The van der Waals surface area contributed by atoms with Gasteiger partial charge >= 0.3 is 5.97 Å². The lowest BCUT2D eigenvalue weighted by molar-refractivity contribution is 0.0526. The van der Waals surface area contributed by atoms with Crippen LogP contribution in [-0.4, -0.2) is 28.3 Å². The highest BCUT2D eigenvalue weighted by molar-refractivity contribution is 7.22. The second kappa shape index (κ2) is 8.51. The molecule has 0 spiro atoms. The molecular formula is C23H22N4O2S. The molecular weight excluding hydrogens is 396 g/mol.